The predicted molar refractivity (Wildman–Crippen MR) is 199 cm³/mol. The van der Waals surface area contributed by atoms with Gasteiger partial charge in [0.25, 0.3) is 0 Å². The zero-order valence-corrected chi connectivity index (χ0v) is 32.0. The van der Waals surface area contributed by atoms with Gasteiger partial charge in [0, 0.05) is 12.3 Å². The van der Waals surface area contributed by atoms with Crippen LogP contribution in [0.5, 0.6) is 0 Å². The summed E-state index contributed by atoms with van der Waals surface area (Å²) in [6, 6.07) is 0. The SMILES string of the molecule is CCCCCCCCCCCCCCCC(=O)OCC(COC(=O)C(CCCCCC)CCCCCCCC)C(CCC)CCC. The number of carbonyl (C=O) groups excluding carboxylic acids is 2. The Morgan fingerprint density at radius 1 is 0.391 bits per heavy atom. The molecule has 0 saturated carbocycles. The van der Waals surface area contributed by atoms with Crippen molar-refractivity contribution in [3.63, 3.8) is 0 Å². The fraction of sp³-hybridized carbons (Fsp3) is 0.952. The highest BCUT2D eigenvalue weighted by molar-refractivity contribution is 5.72. The Morgan fingerprint density at radius 2 is 0.761 bits per heavy atom. The highest BCUT2D eigenvalue weighted by Crippen LogP contribution is 2.26. The molecule has 0 fully saturated rings. The molecule has 0 aliphatic heterocycles. The van der Waals surface area contributed by atoms with Crippen LogP contribution in [-0.4, -0.2) is 25.2 Å². The maximum absolute atomic E-state index is 13.4. The summed E-state index contributed by atoms with van der Waals surface area (Å²) >= 11 is 0. The molecule has 0 N–H and O–H groups in total. The van der Waals surface area contributed by atoms with Gasteiger partial charge in [-0.05, 0) is 25.2 Å². The summed E-state index contributed by atoms with van der Waals surface area (Å²) in [4.78, 5) is 26.1. The smallest absolute Gasteiger partial charge is 0.308 e. The molecule has 2 unspecified atom stereocenters. The summed E-state index contributed by atoms with van der Waals surface area (Å²) in [7, 11) is 0. The van der Waals surface area contributed by atoms with Crippen LogP contribution in [-0.2, 0) is 19.1 Å². The second-order valence-corrected chi connectivity index (χ2v) is 14.5. The molecule has 46 heavy (non-hydrogen) atoms. The van der Waals surface area contributed by atoms with E-state index in [4.69, 9.17) is 9.47 Å². The maximum atomic E-state index is 13.4. The van der Waals surface area contributed by atoms with Crippen molar-refractivity contribution in [3.05, 3.63) is 0 Å². The molecule has 0 radical (unpaired) electrons. The van der Waals surface area contributed by atoms with Gasteiger partial charge in [0.05, 0.1) is 19.1 Å². The number of unbranched alkanes of at least 4 members (excludes halogenated alkanes) is 20. The molecule has 2 atom stereocenters. The number of rotatable bonds is 36. The Labute approximate surface area is 288 Å². The van der Waals surface area contributed by atoms with Gasteiger partial charge in [-0.1, -0.05) is 202 Å². The molecule has 0 bridgehead atoms. The largest absolute Gasteiger partial charge is 0.465 e. The van der Waals surface area contributed by atoms with Crippen molar-refractivity contribution in [1.29, 1.82) is 0 Å². The molecule has 4 heteroatoms. The number of esters is 2. The third-order valence-electron chi connectivity index (χ3n) is 10.0. The van der Waals surface area contributed by atoms with E-state index in [1.165, 1.54) is 122 Å². The van der Waals surface area contributed by atoms with Crippen LogP contribution in [0, 0.1) is 17.8 Å². The van der Waals surface area contributed by atoms with E-state index in [0.717, 1.165) is 64.2 Å². The zero-order chi connectivity index (χ0) is 33.9. The average molecular weight is 651 g/mol. The van der Waals surface area contributed by atoms with E-state index in [1.54, 1.807) is 0 Å². The lowest BCUT2D eigenvalue weighted by atomic mass is 9.86. The van der Waals surface area contributed by atoms with Crippen LogP contribution in [0.1, 0.15) is 227 Å². The first-order valence-electron chi connectivity index (χ1n) is 20.9. The third kappa shape index (κ3) is 28.0. The zero-order valence-electron chi connectivity index (χ0n) is 32.0. The molecule has 274 valence electrons. The molecule has 0 spiro atoms. The van der Waals surface area contributed by atoms with Gasteiger partial charge in [0.15, 0.2) is 0 Å². The van der Waals surface area contributed by atoms with E-state index >= 15 is 0 Å². The van der Waals surface area contributed by atoms with Gasteiger partial charge in [0.1, 0.15) is 0 Å². The lowest BCUT2D eigenvalue weighted by Gasteiger charge is -2.27. The molecule has 0 aliphatic rings. The lowest BCUT2D eigenvalue weighted by Crippen LogP contribution is -2.29. The molecule has 0 aromatic carbocycles. The van der Waals surface area contributed by atoms with Crippen LogP contribution < -0.4 is 0 Å². The molecule has 0 aromatic heterocycles. The number of hydrogen-bond acceptors (Lipinski definition) is 4. The van der Waals surface area contributed by atoms with Crippen LogP contribution >= 0.6 is 0 Å². The summed E-state index contributed by atoms with van der Waals surface area (Å²) < 4.78 is 11.9. The molecule has 0 heterocycles. The van der Waals surface area contributed by atoms with Gasteiger partial charge < -0.3 is 9.47 Å². The van der Waals surface area contributed by atoms with E-state index in [0.29, 0.717) is 25.6 Å². The maximum Gasteiger partial charge on any atom is 0.308 e. The van der Waals surface area contributed by atoms with Crippen molar-refractivity contribution in [2.75, 3.05) is 13.2 Å². The van der Waals surface area contributed by atoms with Gasteiger partial charge in [-0.3, -0.25) is 9.59 Å². The minimum Gasteiger partial charge on any atom is -0.465 e. The van der Waals surface area contributed by atoms with Crippen LogP contribution in [0.15, 0.2) is 0 Å². The Hall–Kier alpha value is -1.06. The molecular weight excluding hydrogens is 568 g/mol. The van der Waals surface area contributed by atoms with Crippen molar-refractivity contribution in [2.45, 2.75) is 227 Å². The summed E-state index contributed by atoms with van der Waals surface area (Å²) in [5.41, 5.74) is 0. The van der Waals surface area contributed by atoms with Gasteiger partial charge in [0.2, 0.25) is 0 Å². The molecule has 0 rings (SSSR count). The Morgan fingerprint density at radius 3 is 1.20 bits per heavy atom. The fourth-order valence-corrected chi connectivity index (χ4v) is 6.91. The second-order valence-electron chi connectivity index (χ2n) is 14.5. The van der Waals surface area contributed by atoms with Crippen molar-refractivity contribution < 1.29 is 19.1 Å². The predicted octanol–water partition coefficient (Wildman–Crippen LogP) is 13.7. The van der Waals surface area contributed by atoms with Crippen LogP contribution in [0.25, 0.3) is 0 Å². The van der Waals surface area contributed by atoms with Crippen molar-refractivity contribution in [1.82, 2.24) is 0 Å². The molecule has 4 nitrogen and oxygen atoms in total. The van der Waals surface area contributed by atoms with Crippen molar-refractivity contribution >= 4 is 11.9 Å². The summed E-state index contributed by atoms with van der Waals surface area (Å²) in [5, 5.41) is 0. The highest BCUT2D eigenvalue weighted by Gasteiger charge is 2.26. The Kier molecular flexibility index (Phi) is 34.4. The number of carbonyl (C=O) groups is 2. The molecule has 0 saturated heterocycles. The summed E-state index contributed by atoms with van der Waals surface area (Å²) in [6.07, 6.45) is 35.9. The minimum atomic E-state index is -0.0805. The van der Waals surface area contributed by atoms with Gasteiger partial charge in [-0.2, -0.15) is 0 Å². The first-order chi connectivity index (χ1) is 22.5. The average Bonchev–Trinajstić information content (AvgIpc) is 3.05. The monoisotopic (exact) mass is 651 g/mol. The van der Waals surface area contributed by atoms with Gasteiger partial charge in [-0.15, -0.1) is 0 Å². The molecule has 0 aliphatic carbocycles. The topological polar surface area (TPSA) is 52.6 Å². The van der Waals surface area contributed by atoms with E-state index in [-0.39, 0.29) is 23.8 Å². The molecular formula is C42H82O4. The van der Waals surface area contributed by atoms with Crippen molar-refractivity contribution in [3.8, 4) is 0 Å². The first kappa shape index (κ1) is 44.9. The molecule has 0 amide bonds. The highest BCUT2D eigenvalue weighted by atomic mass is 16.5. The second kappa shape index (κ2) is 35.3. The Bertz CT molecular complexity index is 642. The van der Waals surface area contributed by atoms with Crippen LogP contribution in [0.4, 0.5) is 0 Å². The Balaban J connectivity index is 4.62. The minimum absolute atomic E-state index is 0.0116. The van der Waals surface area contributed by atoms with E-state index in [1.807, 2.05) is 0 Å². The number of hydrogen-bond donors (Lipinski definition) is 0. The number of ether oxygens (including phenoxy) is 2. The summed E-state index contributed by atoms with van der Waals surface area (Å²) in [5.74, 6) is 0.434. The van der Waals surface area contributed by atoms with E-state index in [9.17, 15) is 9.59 Å². The lowest BCUT2D eigenvalue weighted by molar-refractivity contribution is -0.154. The van der Waals surface area contributed by atoms with Crippen LogP contribution in [0.3, 0.4) is 0 Å². The van der Waals surface area contributed by atoms with E-state index in [2.05, 4.69) is 34.6 Å². The normalized spacial score (nSPS) is 12.8. The quantitative estimate of drug-likeness (QED) is 0.0500. The van der Waals surface area contributed by atoms with Crippen LogP contribution in [0.2, 0.25) is 0 Å². The standard InChI is InChI=1S/C42H82O4/c1-6-11-14-17-19-20-21-22-23-24-25-27-30-35-41(43)45-36-40(38(31-9-4)32-10-5)37-46-42(44)39(33-28-16-13-8-3)34-29-26-18-15-12-7-2/h38-40H,6-37H2,1-5H3. The van der Waals surface area contributed by atoms with E-state index < -0.39 is 0 Å². The van der Waals surface area contributed by atoms with Gasteiger partial charge >= 0.3 is 11.9 Å². The van der Waals surface area contributed by atoms with Crippen molar-refractivity contribution in [2.24, 2.45) is 17.8 Å². The fourth-order valence-electron chi connectivity index (χ4n) is 6.91. The first-order valence-corrected chi connectivity index (χ1v) is 20.9. The third-order valence-corrected chi connectivity index (χ3v) is 10.0. The summed E-state index contributed by atoms with van der Waals surface area (Å²) in [6.45, 7) is 12.0. The van der Waals surface area contributed by atoms with Gasteiger partial charge in [-0.25, -0.2) is 0 Å². The molecule has 0 aromatic rings.